The minimum absolute atomic E-state index is 0.0291. The van der Waals surface area contributed by atoms with Crippen LogP contribution >= 0.6 is 11.3 Å². The molecular weight excluding hydrogens is 421 g/mol. The number of carbonyl (C=O) groups excluding carboxylic acids is 1. The lowest BCUT2D eigenvalue weighted by Crippen LogP contribution is -2.29. The molecule has 162 valence electrons. The highest BCUT2D eigenvalue weighted by atomic mass is 32.1. The molecule has 1 aromatic carbocycles. The van der Waals surface area contributed by atoms with Crippen LogP contribution in [0.5, 0.6) is 0 Å². The topological polar surface area (TPSA) is 90.4 Å². The van der Waals surface area contributed by atoms with Crippen molar-refractivity contribution in [1.82, 2.24) is 18.7 Å². The highest BCUT2D eigenvalue weighted by molar-refractivity contribution is 7.17. The number of halogens is 1. The van der Waals surface area contributed by atoms with Crippen LogP contribution in [0.4, 0.5) is 10.1 Å². The summed E-state index contributed by atoms with van der Waals surface area (Å²) >= 11 is 1.26. The molecule has 0 bridgehead atoms. The van der Waals surface area contributed by atoms with Crippen molar-refractivity contribution < 1.29 is 9.18 Å². The van der Waals surface area contributed by atoms with E-state index in [0.717, 1.165) is 16.7 Å². The third kappa shape index (κ3) is 3.90. The maximum Gasteiger partial charge on any atom is 0.352 e. The number of thiophene rings is 1. The fraction of sp³-hybridized carbons (Fsp3) is 0.333. The molecule has 1 amide bonds. The second kappa shape index (κ2) is 8.10. The summed E-state index contributed by atoms with van der Waals surface area (Å²) in [7, 11) is 0. The molecule has 0 radical (unpaired) electrons. The molecule has 4 aromatic rings. The molecule has 0 saturated carbocycles. The summed E-state index contributed by atoms with van der Waals surface area (Å²) in [5, 5.41) is 8.49. The molecule has 3 aromatic heterocycles. The SMILES string of the molecule is Cc1ccc(NC(=O)Cn2nc3n(CCC(C)C)c(=O)c4sccc4n3c2=O)c(F)c1. The molecular formula is C21H22FN5O3S. The summed E-state index contributed by atoms with van der Waals surface area (Å²) in [6, 6.07) is 6.15. The standard InChI is InChI=1S/C21H22FN5O3S/c1-12(2)6-8-25-19(29)18-16(7-9-31-18)27-20(25)24-26(21(27)30)11-17(28)23-15-5-4-13(3)10-14(15)22/h4-5,7,9-10,12H,6,8,11H2,1-3H3,(H,23,28). The van der Waals surface area contributed by atoms with Gasteiger partial charge in [-0.1, -0.05) is 19.9 Å². The molecule has 10 heteroatoms. The fourth-order valence-corrected chi connectivity index (χ4v) is 4.20. The van der Waals surface area contributed by atoms with Crippen LogP contribution in [-0.2, 0) is 17.9 Å². The van der Waals surface area contributed by atoms with Crippen molar-refractivity contribution >= 4 is 38.9 Å². The van der Waals surface area contributed by atoms with Gasteiger partial charge in [-0.2, -0.15) is 0 Å². The second-order valence-electron chi connectivity index (χ2n) is 7.88. The lowest BCUT2D eigenvalue weighted by molar-refractivity contribution is -0.117. The molecule has 0 aliphatic carbocycles. The van der Waals surface area contributed by atoms with E-state index in [-0.39, 0.29) is 17.0 Å². The minimum Gasteiger partial charge on any atom is -0.322 e. The molecule has 0 fully saturated rings. The van der Waals surface area contributed by atoms with E-state index in [1.807, 2.05) is 13.8 Å². The molecule has 0 unspecified atom stereocenters. The number of nitrogens with one attached hydrogen (secondary N) is 1. The Morgan fingerprint density at radius 2 is 2.03 bits per heavy atom. The number of hydrogen-bond donors (Lipinski definition) is 1. The number of fused-ring (bicyclic) bond motifs is 3. The maximum absolute atomic E-state index is 14.0. The summed E-state index contributed by atoms with van der Waals surface area (Å²) in [4.78, 5) is 38.5. The Kier molecular flexibility index (Phi) is 5.48. The predicted molar refractivity (Wildman–Crippen MR) is 118 cm³/mol. The summed E-state index contributed by atoms with van der Waals surface area (Å²) < 4.78 is 18.3. The van der Waals surface area contributed by atoms with Crippen molar-refractivity contribution in [2.24, 2.45) is 5.92 Å². The van der Waals surface area contributed by atoms with Gasteiger partial charge in [0.2, 0.25) is 11.7 Å². The number of amides is 1. The summed E-state index contributed by atoms with van der Waals surface area (Å²) in [6.07, 6.45) is 0.737. The third-order valence-corrected chi connectivity index (χ3v) is 5.90. The molecule has 0 aliphatic rings. The van der Waals surface area contributed by atoms with E-state index in [2.05, 4.69) is 10.4 Å². The van der Waals surface area contributed by atoms with E-state index in [0.29, 0.717) is 22.7 Å². The Hall–Kier alpha value is -3.27. The lowest BCUT2D eigenvalue weighted by atomic mass is 10.1. The van der Waals surface area contributed by atoms with Gasteiger partial charge in [-0.25, -0.2) is 18.3 Å². The van der Waals surface area contributed by atoms with Gasteiger partial charge in [-0.3, -0.25) is 14.2 Å². The van der Waals surface area contributed by atoms with Crippen LogP contribution in [0.15, 0.2) is 39.2 Å². The number of hydrogen-bond acceptors (Lipinski definition) is 5. The van der Waals surface area contributed by atoms with Gasteiger partial charge in [0, 0.05) is 6.54 Å². The van der Waals surface area contributed by atoms with Crippen LogP contribution in [0, 0.1) is 18.7 Å². The Labute approximate surface area is 180 Å². The van der Waals surface area contributed by atoms with Gasteiger partial charge in [0.25, 0.3) is 5.56 Å². The maximum atomic E-state index is 14.0. The molecule has 31 heavy (non-hydrogen) atoms. The molecule has 4 rings (SSSR count). The fourth-order valence-electron chi connectivity index (χ4n) is 3.37. The molecule has 8 nitrogen and oxygen atoms in total. The first-order valence-corrected chi connectivity index (χ1v) is 10.8. The van der Waals surface area contributed by atoms with Gasteiger partial charge >= 0.3 is 5.69 Å². The van der Waals surface area contributed by atoms with Crippen LogP contribution in [-0.4, -0.2) is 24.7 Å². The smallest absolute Gasteiger partial charge is 0.322 e. The molecule has 1 N–H and O–H groups in total. The van der Waals surface area contributed by atoms with Crippen molar-refractivity contribution in [3.8, 4) is 0 Å². The minimum atomic E-state index is -0.592. The zero-order chi connectivity index (χ0) is 22.3. The Morgan fingerprint density at radius 3 is 2.74 bits per heavy atom. The second-order valence-corrected chi connectivity index (χ2v) is 8.80. The van der Waals surface area contributed by atoms with E-state index < -0.39 is 24.0 Å². The van der Waals surface area contributed by atoms with E-state index in [4.69, 9.17) is 0 Å². The first-order chi connectivity index (χ1) is 14.8. The molecule has 0 saturated heterocycles. The van der Waals surface area contributed by atoms with Crippen LogP contribution in [0.3, 0.4) is 0 Å². The van der Waals surface area contributed by atoms with Crippen LogP contribution in [0.25, 0.3) is 16.0 Å². The largest absolute Gasteiger partial charge is 0.352 e. The van der Waals surface area contributed by atoms with Crippen LogP contribution in [0.2, 0.25) is 0 Å². The number of aromatic nitrogens is 4. The number of nitrogens with zero attached hydrogens (tertiary/aromatic N) is 4. The van der Waals surface area contributed by atoms with Gasteiger partial charge in [0.1, 0.15) is 17.1 Å². The van der Waals surface area contributed by atoms with Gasteiger partial charge < -0.3 is 5.32 Å². The van der Waals surface area contributed by atoms with E-state index in [9.17, 15) is 18.8 Å². The van der Waals surface area contributed by atoms with Gasteiger partial charge in [0.05, 0.1) is 11.2 Å². The summed E-state index contributed by atoms with van der Waals surface area (Å²) in [5.74, 6) is -0.602. The molecule has 3 heterocycles. The van der Waals surface area contributed by atoms with Crippen molar-refractivity contribution in [3.05, 3.63) is 61.9 Å². The Bertz CT molecular complexity index is 1410. The zero-order valence-corrected chi connectivity index (χ0v) is 18.2. The average Bonchev–Trinajstić information content (AvgIpc) is 3.29. The normalized spacial score (nSPS) is 11.6. The van der Waals surface area contributed by atoms with E-state index in [1.54, 1.807) is 24.4 Å². The third-order valence-electron chi connectivity index (χ3n) is 5.01. The summed E-state index contributed by atoms with van der Waals surface area (Å²) in [6.45, 7) is 5.84. The van der Waals surface area contributed by atoms with Gasteiger partial charge in [-0.05, 0) is 48.4 Å². The van der Waals surface area contributed by atoms with Gasteiger partial charge in [0.15, 0.2) is 0 Å². The average molecular weight is 444 g/mol. The number of rotatable bonds is 6. The zero-order valence-electron chi connectivity index (χ0n) is 17.4. The highest BCUT2D eigenvalue weighted by Crippen LogP contribution is 2.18. The van der Waals surface area contributed by atoms with Crippen molar-refractivity contribution in [2.45, 2.75) is 40.3 Å². The van der Waals surface area contributed by atoms with E-state index in [1.165, 1.54) is 32.4 Å². The monoisotopic (exact) mass is 443 g/mol. The quantitative estimate of drug-likeness (QED) is 0.496. The first kappa shape index (κ1) is 21.0. The number of aryl methyl sites for hydroxylation is 2. The van der Waals surface area contributed by atoms with Crippen molar-refractivity contribution in [1.29, 1.82) is 0 Å². The predicted octanol–water partition coefficient (Wildman–Crippen LogP) is 3.00. The van der Waals surface area contributed by atoms with Crippen LogP contribution in [0.1, 0.15) is 25.8 Å². The number of carbonyl (C=O) groups is 1. The number of benzene rings is 1. The van der Waals surface area contributed by atoms with E-state index >= 15 is 0 Å². The number of anilines is 1. The molecule has 0 atom stereocenters. The molecule has 0 spiro atoms. The summed E-state index contributed by atoms with van der Waals surface area (Å²) in [5.41, 5.74) is 0.484. The van der Waals surface area contributed by atoms with Crippen LogP contribution < -0.4 is 16.6 Å². The van der Waals surface area contributed by atoms with Crippen molar-refractivity contribution in [3.63, 3.8) is 0 Å². The highest BCUT2D eigenvalue weighted by Gasteiger charge is 2.20. The molecule has 0 aliphatic heterocycles. The lowest BCUT2D eigenvalue weighted by Gasteiger charge is -2.09. The van der Waals surface area contributed by atoms with Crippen molar-refractivity contribution in [2.75, 3.05) is 5.32 Å². The van der Waals surface area contributed by atoms with Gasteiger partial charge in [-0.15, -0.1) is 16.4 Å². The Balaban J connectivity index is 1.74. The first-order valence-electron chi connectivity index (χ1n) is 9.92. The Morgan fingerprint density at radius 1 is 1.26 bits per heavy atom.